The summed E-state index contributed by atoms with van der Waals surface area (Å²) in [6.07, 6.45) is -0.321. The molecule has 0 N–H and O–H groups in total. The molecule has 2 aromatic rings. The first-order valence-electron chi connectivity index (χ1n) is 9.69. The molecule has 148 valence electrons. The number of hydrogen-bond acceptors (Lipinski definition) is 3. The Hall–Kier alpha value is -2.82. The summed E-state index contributed by atoms with van der Waals surface area (Å²) in [5, 5.41) is 0. The fourth-order valence-electron chi connectivity index (χ4n) is 3.35. The lowest BCUT2D eigenvalue weighted by Gasteiger charge is -2.40. The van der Waals surface area contributed by atoms with Gasteiger partial charge >= 0.3 is 6.09 Å². The van der Waals surface area contributed by atoms with Crippen molar-refractivity contribution in [3.05, 3.63) is 60.2 Å². The van der Waals surface area contributed by atoms with Crippen LogP contribution in [-0.2, 0) is 4.74 Å². The number of rotatable bonds is 2. The Morgan fingerprint density at radius 2 is 1.54 bits per heavy atom. The normalized spacial score (nSPS) is 17.4. The quantitative estimate of drug-likeness (QED) is 0.774. The van der Waals surface area contributed by atoms with E-state index in [4.69, 9.17) is 4.74 Å². The molecule has 3 rings (SSSR count). The molecule has 2 amide bonds. The maximum absolute atomic E-state index is 13.0. The molecule has 1 aliphatic heterocycles. The molecule has 2 aromatic carbocycles. The van der Waals surface area contributed by atoms with E-state index < -0.39 is 5.60 Å². The molecule has 1 aliphatic rings. The lowest BCUT2D eigenvalue weighted by molar-refractivity contribution is 0.00617. The number of amides is 2. The van der Waals surface area contributed by atoms with E-state index in [0.29, 0.717) is 25.2 Å². The van der Waals surface area contributed by atoms with E-state index in [-0.39, 0.29) is 18.0 Å². The number of ether oxygens (including phenoxy) is 1. The third-order valence-electron chi connectivity index (χ3n) is 4.78. The molecule has 0 bridgehead atoms. The fourth-order valence-corrected chi connectivity index (χ4v) is 3.35. The molecule has 5 heteroatoms. The summed E-state index contributed by atoms with van der Waals surface area (Å²) in [6, 6.07) is 17.7. The van der Waals surface area contributed by atoms with Crippen molar-refractivity contribution in [3.8, 4) is 11.1 Å². The SMILES string of the molecule is C[C@@H]1CN(C(=O)OC(C)(C)C)CCN1C(=O)c1ccc(-c2ccccc2)cc1. The molecule has 0 spiro atoms. The van der Waals surface area contributed by atoms with Crippen molar-refractivity contribution in [2.24, 2.45) is 0 Å². The average Bonchev–Trinajstić information content (AvgIpc) is 2.67. The van der Waals surface area contributed by atoms with Gasteiger partial charge in [0.2, 0.25) is 0 Å². The van der Waals surface area contributed by atoms with Crippen LogP contribution in [0.4, 0.5) is 4.79 Å². The van der Waals surface area contributed by atoms with Crippen molar-refractivity contribution >= 4 is 12.0 Å². The lowest BCUT2D eigenvalue weighted by atomic mass is 10.0. The number of carbonyl (C=O) groups is 2. The van der Waals surface area contributed by atoms with Gasteiger partial charge in [0, 0.05) is 31.2 Å². The molecule has 1 saturated heterocycles. The minimum Gasteiger partial charge on any atom is -0.444 e. The lowest BCUT2D eigenvalue weighted by Crippen LogP contribution is -2.56. The highest BCUT2D eigenvalue weighted by molar-refractivity contribution is 5.95. The molecule has 28 heavy (non-hydrogen) atoms. The third kappa shape index (κ3) is 4.71. The monoisotopic (exact) mass is 380 g/mol. The van der Waals surface area contributed by atoms with Crippen LogP contribution in [0.2, 0.25) is 0 Å². The Kier molecular flexibility index (Phi) is 5.73. The van der Waals surface area contributed by atoms with Crippen LogP contribution in [0.25, 0.3) is 11.1 Å². The smallest absolute Gasteiger partial charge is 0.410 e. The summed E-state index contributed by atoms with van der Waals surface area (Å²) in [7, 11) is 0. The van der Waals surface area contributed by atoms with Gasteiger partial charge in [0.1, 0.15) is 5.60 Å². The molecule has 1 heterocycles. The van der Waals surface area contributed by atoms with Gasteiger partial charge in [-0.25, -0.2) is 4.79 Å². The first kappa shape index (κ1) is 19.9. The predicted octanol–water partition coefficient (Wildman–Crippen LogP) is 4.44. The molecule has 0 radical (unpaired) electrons. The minimum absolute atomic E-state index is 0.00375. The largest absolute Gasteiger partial charge is 0.444 e. The van der Waals surface area contributed by atoms with Gasteiger partial charge in [-0.1, -0.05) is 42.5 Å². The van der Waals surface area contributed by atoms with Crippen molar-refractivity contribution in [1.29, 1.82) is 0 Å². The molecule has 5 nitrogen and oxygen atoms in total. The fraction of sp³-hybridized carbons (Fsp3) is 0.391. The van der Waals surface area contributed by atoms with Crippen LogP contribution in [0.3, 0.4) is 0 Å². The first-order chi connectivity index (χ1) is 13.2. The van der Waals surface area contributed by atoms with Gasteiger partial charge < -0.3 is 14.5 Å². The van der Waals surface area contributed by atoms with Crippen LogP contribution in [0, 0.1) is 0 Å². The summed E-state index contributed by atoms with van der Waals surface area (Å²) in [5.41, 5.74) is 2.35. The zero-order valence-corrected chi connectivity index (χ0v) is 17.0. The van der Waals surface area contributed by atoms with Gasteiger partial charge in [0.15, 0.2) is 0 Å². The number of nitrogens with zero attached hydrogens (tertiary/aromatic N) is 2. The average molecular weight is 380 g/mol. The second kappa shape index (κ2) is 8.05. The highest BCUT2D eigenvalue weighted by Crippen LogP contribution is 2.21. The minimum atomic E-state index is -0.520. The predicted molar refractivity (Wildman–Crippen MR) is 110 cm³/mol. The van der Waals surface area contributed by atoms with Crippen molar-refractivity contribution in [3.63, 3.8) is 0 Å². The van der Waals surface area contributed by atoms with Crippen molar-refractivity contribution in [1.82, 2.24) is 9.80 Å². The molecule has 0 aliphatic carbocycles. The Morgan fingerprint density at radius 1 is 0.929 bits per heavy atom. The Labute approximate surface area is 166 Å². The van der Waals surface area contributed by atoms with E-state index in [2.05, 4.69) is 12.1 Å². The first-order valence-corrected chi connectivity index (χ1v) is 9.69. The highest BCUT2D eigenvalue weighted by Gasteiger charge is 2.32. The van der Waals surface area contributed by atoms with Crippen LogP contribution < -0.4 is 0 Å². The summed E-state index contributed by atoms with van der Waals surface area (Å²) < 4.78 is 5.44. The van der Waals surface area contributed by atoms with Gasteiger partial charge in [-0.3, -0.25) is 4.79 Å². The van der Waals surface area contributed by atoms with E-state index in [1.54, 1.807) is 4.90 Å². The van der Waals surface area contributed by atoms with Crippen LogP contribution in [-0.4, -0.2) is 53.1 Å². The molecule has 0 saturated carbocycles. The Morgan fingerprint density at radius 3 is 2.11 bits per heavy atom. The standard InChI is InChI=1S/C23H28N2O3/c1-17-16-24(22(27)28-23(2,3)4)14-15-25(17)21(26)20-12-10-19(11-13-20)18-8-6-5-7-9-18/h5-13,17H,14-16H2,1-4H3/t17-/m1/s1. The summed E-state index contributed by atoms with van der Waals surface area (Å²) in [4.78, 5) is 28.7. The van der Waals surface area contributed by atoms with Crippen molar-refractivity contribution in [2.75, 3.05) is 19.6 Å². The van der Waals surface area contributed by atoms with Crippen molar-refractivity contribution < 1.29 is 14.3 Å². The molecular weight excluding hydrogens is 352 g/mol. The summed E-state index contributed by atoms with van der Waals surface area (Å²) >= 11 is 0. The van der Waals surface area contributed by atoms with E-state index in [9.17, 15) is 9.59 Å². The Balaban J connectivity index is 1.64. The summed E-state index contributed by atoms with van der Waals surface area (Å²) in [5.74, 6) is -0.00375. The topological polar surface area (TPSA) is 49.9 Å². The third-order valence-corrected chi connectivity index (χ3v) is 4.78. The number of carbonyl (C=O) groups excluding carboxylic acids is 2. The van der Waals surface area contributed by atoms with Gasteiger partial charge in [-0.15, -0.1) is 0 Å². The van der Waals surface area contributed by atoms with E-state index in [1.807, 2.05) is 75.1 Å². The summed E-state index contributed by atoms with van der Waals surface area (Å²) in [6.45, 7) is 8.98. The molecular formula is C23H28N2O3. The van der Waals surface area contributed by atoms with Gasteiger partial charge in [-0.2, -0.15) is 0 Å². The molecule has 1 atom stereocenters. The second-order valence-electron chi connectivity index (χ2n) is 8.22. The molecule has 0 unspecified atom stereocenters. The van der Waals surface area contributed by atoms with E-state index in [0.717, 1.165) is 11.1 Å². The number of piperazine rings is 1. The molecule has 1 fully saturated rings. The molecule has 0 aromatic heterocycles. The van der Waals surface area contributed by atoms with Crippen LogP contribution in [0.15, 0.2) is 54.6 Å². The zero-order valence-electron chi connectivity index (χ0n) is 17.0. The highest BCUT2D eigenvalue weighted by atomic mass is 16.6. The van der Waals surface area contributed by atoms with Crippen LogP contribution >= 0.6 is 0 Å². The second-order valence-corrected chi connectivity index (χ2v) is 8.22. The van der Waals surface area contributed by atoms with Crippen molar-refractivity contribution in [2.45, 2.75) is 39.3 Å². The van der Waals surface area contributed by atoms with Gasteiger partial charge in [0.05, 0.1) is 0 Å². The Bertz CT molecular complexity index is 825. The van der Waals surface area contributed by atoms with Crippen LogP contribution in [0.5, 0.6) is 0 Å². The van der Waals surface area contributed by atoms with E-state index in [1.165, 1.54) is 0 Å². The number of benzene rings is 2. The maximum Gasteiger partial charge on any atom is 0.410 e. The number of hydrogen-bond donors (Lipinski definition) is 0. The zero-order chi connectivity index (χ0) is 20.3. The van der Waals surface area contributed by atoms with Crippen LogP contribution in [0.1, 0.15) is 38.1 Å². The van der Waals surface area contributed by atoms with E-state index >= 15 is 0 Å². The van der Waals surface area contributed by atoms with Gasteiger partial charge in [0.25, 0.3) is 5.91 Å². The van der Waals surface area contributed by atoms with Gasteiger partial charge in [-0.05, 0) is 51.0 Å². The maximum atomic E-state index is 13.0.